The lowest BCUT2D eigenvalue weighted by Gasteiger charge is -2.26. The predicted molar refractivity (Wildman–Crippen MR) is 104 cm³/mol. The third kappa shape index (κ3) is 4.01. The van der Waals surface area contributed by atoms with E-state index in [1.54, 1.807) is 14.2 Å². The lowest BCUT2D eigenvalue weighted by Crippen LogP contribution is -2.32. The second kappa shape index (κ2) is 8.54. The van der Waals surface area contributed by atoms with E-state index in [4.69, 9.17) is 9.47 Å². The average Bonchev–Trinajstić information content (AvgIpc) is 3.17. The normalized spacial score (nSPS) is 14.9. The van der Waals surface area contributed by atoms with Crippen molar-refractivity contribution in [2.75, 3.05) is 27.8 Å². The number of carbonyl (C=O) groups excluding carboxylic acids is 1. The molecule has 6 heteroatoms. The number of methoxy groups -OCH3 is 2. The first-order chi connectivity index (χ1) is 12.6. The fourth-order valence-electron chi connectivity index (χ4n) is 3.59. The Labute approximate surface area is 159 Å². The molecule has 0 N–H and O–H groups in total. The number of rotatable bonds is 6. The lowest BCUT2D eigenvalue weighted by molar-refractivity contribution is 0.0755. The van der Waals surface area contributed by atoms with Crippen molar-refractivity contribution in [3.05, 3.63) is 29.3 Å². The van der Waals surface area contributed by atoms with Gasteiger partial charge >= 0.3 is 0 Å². The van der Waals surface area contributed by atoms with Gasteiger partial charge in [0.25, 0.3) is 5.91 Å². The topological polar surface area (TPSA) is 51.7 Å². The van der Waals surface area contributed by atoms with E-state index in [1.807, 2.05) is 35.5 Å². The van der Waals surface area contributed by atoms with Crippen molar-refractivity contribution in [1.29, 1.82) is 0 Å². The highest BCUT2D eigenvalue weighted by Gasteiger charge is 2.22. The molecule has 0 aliphatic heterocycles. The Morgan fingerprint density at radius 2 is 2.00 bits per heavy atom. The molecule has 1 aromatic carbocycles. The van der Waals surface area contributed by atoms with Gasteiger partial charge in [0.15, 0.2) is 11.5 Å². The molecule has 0 unspecified atom stereocenters. The molecule has 1 fully saturated rings. The minimum absolute atomic E-state index is 0.0139. The maximum Gasteiger partial charge on any atom is 0.273 e. The molecule has 1 aliphatic rings. The molecule has 0 bridgehead atoms. The summed E-state index contributed by atoms with van der Waals surface area (Å²) in [5, 5.41) is 2.59. The maximum absolute atomic E-state index is 12.8. The van der Waals surface area contributed by atoms with Gasteiger partial charge < -0.3 is 14.4 Å². The maximum atomic E-state index is 12.8. The fraction of sp³-hybridized carbons (Fsp3) is 0.500. The van der Waals surface area contributed by atoms with E-state index < -0.39 is 0 Å². The Kier molecular flexibility index (Phi) is 6.14. The molecule has 26 heavy (non-hydrogen) atoms. The summed E-state index contributed by atoms with van der Waals surface area (Å²) in [5.74, 6) is 1.90. The highest BCUT2D eigenvalue weighted by Crippen LogP contribution is 2.39. The molecule has 1 aromatic heterocycles. The number of para-hydroxylation sites is 1. The first-order valence-electron chi connectivity index (χ1n) is 9.06. The summed E-state index contributed by atoms with van der Waals surface area (Å²) in [6.07, 6.45) is 6.33. The van der Waals surface area contributed by atoms with Crippen LogP contribution in [0.4, 0.5) is 0 Å². The van der Waals surface area contributed by atoms with Crippen molar-refractivity contribution in [1.82, 2.24) is 9.88 Å². The summed E-state index contributed by atoms with van der Waals surface area (Å²) in [7, 11) is 5.10. The van der Waals surface area contributed by atoms with Crippen molar-refractivity contribution < 1.29 is 14.3 Å². The van der Waals surface area contributed by atoms with Gasteiger partial charge in [0.1, 0.15) is 10.7 Å². The molecule has 1 saturated carbocycles. The third-order valence-corrected chi connectivity index (χ3v) is 5.84. The van der Waals surface area contributed by atoms with E-state index in [9.17, 15) is 4.79 Å². The number of carbonyl (C=O) groups is 1. The molecule has 140 valence electrons. The Bertz CT molecular complexity index is 753. The van der Waals surface area contributed by atoms with Gasteiger partial charge in [0.2, 0.25) is 0 Å². The zero-order valence-corrected chi connectivity index (χ0v) is 16.5. The van der Waals surface area contributed by atoms with Crippen LogP contribution in [0.15, 0.2) is 23.6 Å². The molecular formula is C20H26N2O3S. The molecule has 1 amide bonds. The number of thiazole rings is 1. The molecule has 1 heterocycles. The summed E-state index contributed by atoms with van der Waals surface area (Å²) in [6.45, 7) is 0.814. The summed E-state index contributed by atoms with van der Waals surface area (Å²) in [5.41, 5.74) is 1.33. The van der Waals surface area contributed by atoms with Gasteiger partial charge in [-0.1, -0.05) is 25.3 Å². The monoisotopic (exact) mass is 374 g/mol. The number of aromatic nitrogens is 1. The van der Waals surface area contributed by atoms with Gasteiger partial charge in [0, 0.05) is 19.0 Å². The van der Waals surface area contributed by atoms with Crippen LogP contribution in [0.25, 0.3) is 10.6 Å². The van der Waals surface area contributed by atoms with Crippen LogP contribution in [-0.4, -0.2) is 43.6 Å². The van der Waals surface area contributed by atoms with Gasteiger partial charge in [-0.05, 0) is 30.9 Å². The summed E-state index contributed by atoms with van der Waals surface area (Å²) >= 11 is 1.45. The summed E-state index contributed by atoms with van der Waals surface area (Å²) in [4.78, 5) is 19.1. The SMILES string of the molecule is COc1cccc(-c2nc(C(=O)N(C)CC3CCCCC3)cs2)c1OC. The van der Waals surface area contributed by atoms with E-state index >= 15 is 0 Å². The molecule has 0 radical (unpaired) electrons. The van der Waals surface area contributed by atoms with Crippen LogP contribution < -0.4 is 9.47 Å². The first-order valence-corrected chi connectivity index (χ1v) is 9.94. The van der Waals surface area contributed by atoms with Crippen LogP contribution >= 0.6 is 11.3 Å². The highest BCUT2D eigenvalue weighted by molar-refractivity contribution is 7.13. The molecule has 0 atom stereocenters. The average molecular weight is 375 g/mol. The first kappa shape index (κ1) is 18.7. The Balaban J connectivity index is 1.76. The molecule has 0 saturated heterocycles. The van der Waals surface area contributed by atoms with Crippen molar-refractivity contribution in [3.63, 3.8) is 0 Å². The van der Waals surface area contributed by atoms with Gasteiger partial charge in [-0.25, -0.2) is 4.98 Å². The molecule has 0 spiro atoms. The number of benzene rings is 1. The molecule has 3 rings (SSSR count). The van der Waals surface area contributed by atoms with Crippen LogP contribution in [0.5, 0.6) is 11.5 Å². The minimum Gasteiger partial charge on any atom is -0.493 e. The standard InChI is InChI=1S/C20H26N2O3S/c1-22(12-14-8-5-4-6-9-14)20(23)16-13-26-19(21-16)15-10-7-11-17(24-2)18(15)25-3/h7,10-11,13-14H,4-6,8-9,12H2,1-3H3. The number of ether oxygens (including phenoxy) is 2. The number of hydrogen-bond donors (Lipinski definition) is 0. The van der Waals surface area contributed by atoms with Crippen molar-refractivity contribution >= 4 is 17.2 Å². The molecule has 2 aromatic rings. The van der Waals surface area contributed by atoms with Crippen molar-refractivity contribution in [3.8, 4) is 22.1 Å². The van der Waals surface area contributed by atoms with Crippen LogP contribution in [0.3, 0.4) is 0 Å². The summed E-state index contributed by atoms with van der Waals surface area (Å²) < 4.78 is 10.8. The van der Waals surface area contributed by atoms with Gasteiger partial charge in [0.05, 0.1) is 19.8 Å². The van der Waals surface area contributed by atoms with E-state index in [1.165, 1.54) is 43.4 Å². The van der Waals surface area contributed by atoms with Crippen LogP contribution in [-0.2, 0) is 0 Å². The quantitative estimate of drug-likeness (QED) is 0.748. The minimum atomic E-state index is -0.0139. The zero-order valence-electron chi connectivity index (χ0n) is 15.7. The van der Waals surface area contributed by atoms with Crippen molar-refractivity contribution in [2.45, 2.75) is 32.1 Å². The van der Waals surface area contributed by atoms with Crippen LogP contribution in [0.1, 0.15) is 42.6 Å². The second-order valence-electron chi connectivity index (χ2n) is 6.77. The Morgan fingerprint density at radius 3 is 2.69 bits per heavy atom. The largest absolute Gasteiger partial charge is 0.493 e. The second-order valence-corrected chi connectivity index (χ2v) is 7.63. The third-order valence-electron chi connectivity index (χ3n) is 4.96. The van der Waals surface area contributed by atoms with Crippen LogP contribution in [0, 0.1) is 5.92 Å². The number of hydrogen-bond acceptors (Lipinski definition) is 5. The number of nitrogens with zero attached hydrogens (tertiary/aromatic N) is 2. The highest BCUT2D eigenvalue weighted by atomic mass is 32.1. The molecule has 1 aliphatic carbocycles. The van der Waals surface area contributed by atoms with Crippen molar-refractivity contribution in [2.24, 2.45) is 5.92 Å². The zero-order chi connectivity index (χ0) is 18.5. The smallest absolute Gasteiger partial charge is 0.273 e. The van der Waals surface area contributed by atoms with Gasteiger partial charge in [-0.15, -0.1) is 11.3 Å². The van der Waals surface area contributed by atoms with E-state index in [2.05, 4.69) is 4.98 Å². The van der Waals surface area contributed by atoms with E-state index in [0.717, 1.165) is 17.1 Å². The van der Waals surface area contributed by atoms with E-state index in [-0.39, 0.29) is 5.91 Å². The predicted octanol–water partition coefficient (Wildman–Crippen LogP) is 4.48. The van der Waals surface area contributed by atoms with Crippen LogP contribution in [0.2, 0.25) is 0 Å². The van der Waals surface area contributed by atoms with Gasteiger partial charge in [-0.3, -0.25) is 4.79 Å². The van der Waals surface area contributed by atoms with E-state index in [0.29, 0.717) is 23.1 Å². The van der Waals surface area contributed by atoms with Gasteiger partial charge in [-0.2, -0.15) is 0 Å². The molecule has 5 nitrogen and oxygen atoms in total. The Hall–Kier alpha value is -2.08. The Morgan fingerprint density at radius 1 is 1.23 bits per heavy atom. The molecular weight excluding hydrogens is 348 g/mol. The number of amides is 1. The summed E-state index contributed by atoms with van der Waals surface area (Å²) in [6, 6.07) is 5.68. The fourth-order valence-corrected chi connectivity index (χ4v) is 4.40. The lowest BCUT2D eigenvalue weighted by atomic mass is 9.89.